The van der Waals surface area contributed by atoms with Gasteiger partial charge in [0.2, 0.25) is 0 Å². The minimum atomic E-state index is -0.795. The van der Waals surface area contributed by atoms with Crippen molar-refractivity contribution in [2.75, 3.05) is 0 Å². The molecular weight excluding hydrogens is 344 g/mol. The lowest BCUT2D eigenvalue weighted by atomic mass is 10.1. The van der Waals surface area contributed by atoms with Gasteiger partial charge in [0.1, 0.15) is 0 Å². The van der Waals surface area contributed by atoms with E-state index in [1.54, 1.807) is 7.05 Å². The van der Waals surface area contributed by atoms with Crippen LogP contribution in [0.4, 0.5) is 0 Å². The molecule has 0 amide bonds. The number of benzene rings is 1. The van der Waals surface area contributed by atoms with Gasteiger partial charge in [-0.1, -0.05) is 33.8 Å². The number of nitrogens with one attached hydrogen (secondary N) is 1. The number of halogens is 1. The largest absolute Gasteiger partial charge is 0.339 e. The van der Waals surface area contributed by atoms with Gasteiger partial charge in [-0.15, -0.1) is 0 Å². The van der Waals surface area contributed by atoms with E-state index >= 15 is 0 Å². The first kappa shape index (κ1) is 15.0. The molecule has 0 bridgehead atoms. The Hall–Kier alpha value is -1.38. The van der Waals surface area contributed by atoms with Crippen LogP contribution in [0, 0.1) is 0 Å². The molecule has 1 atom stereocenters. The molecule has 20 heavy (non-hydrogen) atoms. The molecule has 1 heterocycles. The first-order valence-electron chi connectivity index (χ1n) is 5.78. The molecule has 106 valence electrons. The molecule has 6 nitrogen and oxygen atoms in total. The number of rotatable bonds is 3. The van der Waals surface area contributed by atoms with E-state index < -0.39 is 11.1 Å². The fraction of sp³-hybridized carbons (Fsp3) is 0.250. The van der Waals surface area contributed by atoms with Crippen LogP contribution >= 0.6 is 27.7 Å². The first-order chi connectivity index (χ1) is 9.38. The summed E-state index contributed by atoms with van der Waals surface area (Å²) >= 11 is 4.75. The van der Waals surface area contributed by atoms with Crippen LogP contribution in [-0.2, 0) is 7.05 Å². The summed E-state index contributed by atoms with van der Waals surface area (Å²) in [6.45, 7) is 1.90. The minimum absolute atomic E-state index is 0.0704. The van der Waals surface area contributed by atoms with Gasteiger partial charge in [0, 0.05) is 22.5 Å². The van der Waals surface area contributed by atoms with Gasteiger partial charge in [0.25, 0.3) is 0 Å². The minimum Gasteiger partial charge on any atom is -0.324 e. The van der Waals surface area contributed by atoms with Crippen LogP contribution in [0.5, 0.6) is 0 Å². The molecule has 0 unspecified atom stereocenters. The highest BCUT2D eigenvalue weighted by Crippen LogP contribution is 2.30. The van der Waals surface area contributed by atoms with Crippen molar-refractivity contribution in [1.29, 1.82) is 0 Å². The molecule has 1 aromatic carbocycles. The lowest BCUT2D eigenvalue weighted by Crippen LogP contribution is -2.33. The molecule has 0 aliphatic rings. The zero-order valence-electron chi connectivity index (χ0n) is 10.9. The third kappa shape index (κ3) is 3.20. The van der Waals surface area contributed by atoms with Gasteiger partial charge in [-0.25, -0.2) is 0 Å². The van der Waals surface area contributed by atoms with E-state index in [0.29, 0.717) is 5.16 Å². The lowest BCUT2D eigenvalue weighted by Gasteiger charge is -2.10. The third-order valence-electron chi connectivity index (χ3n) is 2.62. The average Bonchev–Trinajstić information content (AvgIpc) is 2.35. The van der Waals surface area contributed by atoms with Gasteiger partial charge in [0.15, 0.2) is 5.16 Å². The van der Waals surface area contributed by atoms with Gasteiger partial charge in [-0.2, -0.15) is 4.98 Å². The molecule has 0 aliphatic heterocycles. The number of hydrogen-bond donors (Lipinski definition) is 2. The normalized spacial score (nSPS) is 12.4. The van der Waals surface area contributed by atoms with Crippen LogP contribution < -0.4 is 16.9 Å². The van der Waals surface area contributed by atoms with Crippen molar-refractivity contribution < 1.29 is 0 Å². The second kappa shape index (κ2) is 5.94. The number of hydrogen-bond acceptors (Lipinski definition) is 5. The topological polar surface area (TPSA) is 93.8 Å². The van der Waals surface area contributed by atoms with Gasteiger partial charge in [-0.3, -0.25) is 19.4 Å². The molecule has 8 heteroatoms. The molecule has 0 fully saturated rings. The van der Waals surface area contributed by atoms with Crippen molar-refractivity contribution >= 4 is 27.7 Å². The predicted molar refractivity (Wildman–Crippen MR) is 81.0 cm³/mol. The maximum atomic E-state index is 11.3. The van der Waals surface area contributed by atoms with Gasteiger partial charge >= 0.3 is 11.1 Å². The molecule has 0 aliphatic carbocycles. The summed E-state index contributed by atoms with van der Waals surface area (Å²) in [5.41, 5.74) is 5.32. The summed E-state index contributed by atoms with van der Waals surface area (Å²) in [5.74, 6) is 0. The number of aromatic nitrogens is 3. The molecule has 1 aromatic heterocycles. The molecule has 0 saturated heterocycles. The van der Waals surface area contributed by atoms with Crippen molar-refractivity contribution in [2.24, 2.45) is 12.8 Å². The average molecular weight is 357 g/mol. The van der Waals surface area contributed by atoms with E-state index in [0.717, 1.165) is 14.9 Å². The summed E-state index contributed by atoms with van der Waals surface area (Å²) in [4.78, 5) is 27.0. The fourth-order valence-electron chi connectivity index (χ4n) is 1.60. The van der Waals surface area contributed by atoms with Gasteiger partial charge < -0.3 is 5.73 Å². The van der Waals surface area contributed by atoms with E-state index in [-0.39, 0.29) is 6.04 Å². The van der Waals surface area contributed by atoms with Crippen LogP contribution in [0.1, 0.15) is 18.5 Å². The summed E-state index contributed by atoms with van der Waals surface area (Å²) < 4.78 is 2.31. The Bertz CT molecular complexity index is 754. The van der Waals surface area contributed by atoms with Crippen molar-refractivity contribution in [3.05, 3.63) is 48.9 Å². The first-order valence-corrected chi connectivity index (χ1v) is 7.39. The maximum absolute atomic E-state index is 11.3. The second-order valence-corrected chi connectivity index (χ2v) is 6.17. The fourth-order valence-corrected chi connectivity index (χ4v) is 3.32. The Labute approximate surface area is 127 Å². The number of nitrogens with zero attached hydrogens (tertiary/aromatic N) is 2. The highest BCUT2D eigenvalue weighted by Gasteiger charge is 2.09. The van der Waals surface area contributed by atoms with E-state index in [1.165, 1.54) is 16.4 Å². The Balaban J connectivity index is 2.36. The second-order valence-electron chi connectivity index (χ2n) is 4.27. The van der Waals surface area contributed by atoms with Crippen LogP contribution in [0.2, 0.25) is 0 Å². The van der Waals surface area contributed by atoms with Gasteiger partial charge in [-0.05, 0) is 24.6 Å². The van der Waals surface area contributed by atoms with Crippen LogP contribution in [-0.4, -0.2) is 14.8 Å². The van der Waals surface area contributed by atoms with Crippen LogP contribution in [0.25, 0.3) is 0 Å². The van der Waals surface area contributed by atoms with E-state index in [9.17, 15) is 9.59 Å². The number of aromatic amines is 1. The monoisotopic (exact) mass is 356 g/mol. The molecule has 0 radical (unpaired) electrons. The molecule has 0 spiro atoms. The summed E-state index contributed by atoms with van der Waals surface area (Å²) in [7, 11) is 1.63. The van der Waals surface area contributed by atoms with Crippen molar-refractivity contribution in [2.45, 2.75) is 23.0 Å². The molecular formula is C12H13BrN4O2S. The molecule has 0 saturated carbocycles. The Morgan fingerprint density at radius 2 is 2.15 bits per heavy atom. The molecule has 3 N–H and O–H groups in total. The SMILES string of the molecule is C[C@H](N)c1ccc(Sc2nc(=O)c(=O)[nH]n2C)cc1Br. The predicted octanol–water partition coefficient (Wildman–Crippen LogP) is 1.40. The Kier molecular flexibility index (Phi) is 4.46. The number of nitrogens with two attached hydrogens (primary N) is 1. The quantitative estimate of drug-likeness (QED) is 0.810. The van der Waals surface area contributed by atoms with Crippen LogP contribution in [0.15, 0.2) is 42.3 Å². The zero-order valence-corrected chi connectivity index (χ0v) is 13.3. The molecule has 2 rings (SSSR count). The van der Waals surface area contributed by atoms with Crippen molar-refractivity contribution in [3.8, 4) is 0 Å². The number of H-pyrrole nitrogens is 1. The molecule has 2 aromatic rings. The Morgan fingerprint density at radius 1 is 1.45 bits per heavy atom. The summed E-state index contributed by atoms with van der Waals surface area (Å²) in [6, 6.07) is 5.64. The summed E-state index contributed by atoms with van der Waals surface area (Å²) in [6.07, 6.45) is 0. The smallest absolute Gasteiger partial charge is 0.324 e. The van der Waals surface area contributed by atoms with E-state index in [2.05, 4.69) is 26.0 Å². The van der Waals surface area contributed by atoms with Crippen molar-refractivity contribution in [1.82, 2.24) is 14.8 Å². The van der Waals surface area contributed by atoms with Crippen LogP contribution in [0.3, 0.4) is 0 Å². The Morgan fingerprint density at radius 3 is 2.75 bits per heavy atom. The zero-order chi connectivity index (χ0) is 14.9. The highest BCUT2D eigenvalue weighted by molar-refractivity contribution is 9.10. The standard InChI is InChI=1S/C12H13BrN4O2S/c1-6(14)8-4-3-7(5-9(8)13)20-12-15-10(18)11(19)16-17(12)2/h3-6H,14H2,1-2H3,(H,16,19)/t6-/m0/s1. The lowest BCUT2D eigenvalue weighted by molar-refractivity contribution is 0.596. The maximum Gasteiger partial charge on any atom is 0.339 e. The van der Waals surface area contributed by atoms with E-state index in [4.69, 9.17) is 5.73 Å². The third-order valence-corrected chi connectivity index (χ3v) is 4.34. The number of aryl methyl sites for hydroxylation is 1. The van der Waals surface area contributed by atoms with Gasteiger partial charge in [0.05, 0.1) is 0 Å². The summed E-state index contributed by atoms with van der Waals surface area (Å²) in [5, 5.41) is 2.82. The van der Waals surface area contributed by atoms with E-state index in [1.807, 2.05) is 25.1 Å². The highest BCUT2D eigenvalue weighted by atomic mass is 79.9. The van der Waals surface area contributed by atoms with Crippen molar-refractivity contribution in [3.63, 3.8) is 0 Å².